The highest BCUT2D eigenvalue weighted by molar-refractivity contribution is 5.58. The second-order valence-corrected chi connectivity index (χ2v) is 8.10. The maximum atomic E-state index is 5.25. The summed E-state index contributed by atoms with van der Waals surface area (Å²) >= 11 is 0. The molecule has 3 nitrogen and oxygen atoms in total. The van der Waals surface area contributed by atoms with Crippen molar-refractivity contribution >= 4 is 5.69 Å². The number of hydrogen-bond acceptors (Lipinski definition) is 3. The third-order valence-corrected chi connectivity index (χ3v) is 6.27. The van der Waals surface area contributed by atoms with Crippen molar-refractivity contribution < 1.29 is 4.74 Å². The van der Waals surface area contributed by atoms with E-state index in [4.69, 9.17) is 4.74 Å². The fourth-order valence-corrected chi connectivity index (χ4v) is 4.63. The fraction of sp³-hybridized carbons (Fsp3) is 0.500. The third kappa shape index (κ3) is 4.30. The van der Waals surface area contributed by atoms with Gasteiger partial charge < -0.3 is 14.5 Å². The molecule has 2 aromatic rings. The lowest BCUT2D eigenvalue weighted by Crippen LogP contribution is -2.47. The van der Waals surface area contributed by atoms with Gasteiger partial charge in [-0.1, -0.05) is 24.3 Å². The molecular formula is C24H32N2O. The molecule has 0 amide bonds. The maximum Gasteiger partial charge on any atom is 0.118 e. The van der Waals surface area contributed by atoms with Crippen molar-refractivity contribution in [2.45, 2.75) is 45.1 Å². The van der Waals surface area contributed by atoms with E-state index in [0.717, 1.165) is 18.7 Å². The van der Waals surface area contributed by atoms with Crippen LogP contribution in [-0.2, 0) is 12.8 Å². The molecule has 2 aromatic carbocycles. The van der Waals surface area contributed by atoms with Crippen molar-refractivity contribution in [3.63, 3.8) is 0 Å². The lowest BCUT2D eigenvalue weighted by molar-refractivity contribution is 0.210. The Hall–Kier alpha value is -2.00. The molecule has 0 N–H and O–H groups in total. The first-order valence-corrected chi connectivity index (χ1v) is 10.4. The van der Waals surface area contributed by atoms with E-state index in [2.05, 4.69) is 59.2 Å². The standard InChI is InChI=1S/C24H32N2O/c1-19-5-8-21-4-3-14-26(24(21)18-19)22-12-16-25(17-13-22)15-11-20-6-9-23(27-2)10-7-20/h5-10,18,22H,3-4,11-17H2,1-2H3. The van der Waals surface area contributed by atoms with Gasteiger partial charge in [-0.25, -0.2) is 0 Å². The largest absolute Gasteiger partial charge is 0.497 e. The van der Waals surface area contributed by atoms with Crippen LogP contribution in [-0.4, -0.2) is 44.2 Å². The Labute approximate surface area is 163 Å². The molecule has 144 valence electrons. The summed E-state index contributed by atoms with van der Waals surface area (Å²) < 4.78 is 5.25. The van der Waals surface area contributed by atoms with Gasteiger partial charge in [0.25, 0.3) is 0 Å². The van der Waals surface area contributed by atoms with Crippen LogP contribution in [0.4, 0.5) is 5.69 Å². The lowest BCUT2D eigenvalue weighted by Gasteiger charge is -2.42. The van der Waals surface area contributed by atoms with E-state index in [-0.39, 0.29) is 0 Å². The fourth-order valence-electron chi connectivity index (χ4n) is 4.63. The van der Waals surface area contributed by atoms with Crippen LogP contribution in [0, 0.1) is 6.92 Å². The summed E-state index contributed by atoms with van der Waals surface area (Å²) in [5, 5.41) is 0. The first kappa shape index (κ1) is 18.4. The van der Waals surface area contributed by atoms with Crippen LogP contribution in [0.5, 0.6) is 5.75 Å². The molecule has 0 saturated carbocycles. The smallest absolute Gasteiger partial charge is 0.118 e. The minimum atomic E-state index is 0.711. The molecule has 0 radical (unpaired) electrons. The van der Waals surface area contributed by atoms with E-state index in [0.29, 0.717) is 6.04 Å². The summed E-state index contributed by atoms with van der Waals surface area (Å²) in [6.07, 6.45) is 6.24. The van der Waals surface area contributed by atoms with Crippen molar-refractivity contribution in [1.29, 1.82) is 0 Å². The lowest BCUT2D eigenvalue weighted by atomic mass is 9.95. The number of piperidine rings is 1. The van der Waals surface area contributed by atoms with Crippen LogP contribution in [0.2, 0.25) is 0 Å². The number of anilines is 1. The molecule has 0 bridgehead atoms. The molecule has 0 unspecified atom stereocenters. The molecule has 1 saturated heterocycles. The van der Waals surface area contributed by atoms with Gasteiger partial charge in [0.15, 0.2) is 0 Å². The molecular weight excluding hydrogens is 332 g/mol. The zero-order chi connectivity index (χ0) is 18.6. The SMILES string of the molecule is COc1ccc(CCN2CCC(N3CCCc4ccc(C)cc43)CC2)cc1. The predicted octanol–water partition coefficient (Wildman–Crippen LogP) is 4.46. The zero-order valence-corrected chi connectivity index (χ0v) is 16.8. The van der Waals surface area contributed by atoms with Gasteiger partial charge in [-0.05, 0) is 73.9 Å². The van der Waals surface area contributed by atoms with Gasteiger partial charge in [0.1, 0.15) is 5.75 Å². The normalized spacial score (nSPS) is 18.4. The second-order valence-electron chi connectivity index (χ2n) is 8.10. The molecule has 0 aromatic heterocycles. The van der Waals surface area contributed by atoms with E-state index in [9.17, 15) is 0 Å². The third-order valence-electron chi connectivity index (χ3n) is 6.27. The van der Waals surface area contributed by atoms with Crippen molar-refractivity contribution in [3.05, 3.63) is 59.2 Å². The maximum absolute atomic E-state index is 5.25. The van der Waals surface area contributed by atoms with E-state index < -0.39 is 0 Å². The van der Waals surface area contributed by atoms with Gasteiger partial charge in [0.05, 0.1) is 7.11 Å². The average Bonchev–Trinajstić information content (AvgIpc) is 2.72. The molecule has 3 heteroatoms. The molecule has 0 aliphatic carbocycles. The number of hydrogen-bond donors (Lipinski definition) is 0. The Morgan fingerprint density at radius 2 is 1.78 bits per heavy atom. The summed E-state index contributed by atoms with van der Waals surface area (Å²) in [6, 6.07) is 16.3. The summed E-state index contributed by atoms with van der Waals surface area (Å²) in [5.41, 5.74) is 5.85. The Kier molecular flexibility index (Phi) is 5.68. The van der Waals surface area contributed by atoms with E-state index in [1.165, 1.54) is 62.1 Å². The number of fused-ring (bicyclic) bond motifs is 1. The van der Waals surface area contributed by atoms with Crippen molar-refractivity contribution in [3.8, 4) is 5.75 Å². The minimum Gasteiger partial charge on any atom is -0.497 e. The number of rotatable bonds is 5. The van der Waals surface area contributed by atoms with Crippen LogP contribution in [0.3, 0.4) is 0 Å². The number of methoxy groups -OCH3 is 1. The van der Waals surface area contributed by atoms with Crippen molar-refractivity contribution in [2.75, 3.05) is 38.2 Å². The van der Waals surface area contributed by atoms with Crippen LogP contribution < -0.4 is 9.64 Å². The van der Waals surface area contributed by atoms with Crippen molar-refractivity contribution in [1.82, 2.24) is 4.90 Å². The monoisotopic (exact) mass is 364 g/mol. The van der Waals surface area contributed by atoms with E-state index in [1.807, 2.05) is 0 Å². The highest BCUT2D eigenvalue weighted by atomic mass is 16.5. The van der Waals surface area contributed by atoms with Gasteiger partial charge in [0.2, 0.25) is 0 Å². The Balaban J connectivity index is 1.31. The van der Waals surface area contributed by atoms with Crippen LogP contribution >= 0.6 is 0 Å². The van der Waals surface area contributed by atoms with Gasteiger partial charge in [-0.2, -0.15) is 0 Å². The summed E-state index contributed by atoms with van der Waals surface area (Å²) in [7, 11) is 1.72. The Morgan fingerprint density at radius 3 is 2.52 bits per heavy atom. The zero-order valence-electron chi connectivity index (χ0n) is 16.8. The molecule has 4 rings (SSSR count). The topological polar surface area (TPSA) is 15.7 Å². The van der Waals surface area contributed by atoms with E-state index >= 15 is 0 Å². The molecule has 0 atom stereocenters. The Morgan fingerprint density at radius 1 is 1.00 bits per heavy atom. The Bertz CT molecular complexity index is 747. The summed E-state index contributed by atoms with van der Waals surface area (Å²) in [6.45, 7) is 7.05. The molecule has 0 spiro atoms. The van der Waals surface area contributed by atoms with E-state index in [1.54, 1.807) is 12.7 Å². The summed E-state index contributed by atoms with van der Waals surface area (Å²) in [4.78, 5) is 5.36. The van der Waals surface area contributed by atoms with Crippen molar-refractivity contribution in [2.24, 2.45) is 0 Å². The summed E-state index contributed by atoms with van der Waals surface area (Å²) in [5.74, 6) is 0.941. The molecule has 2 heterocycles. The number of likely N-dealkylation sites (tertiary alicyclic amines) is 1. The van der Waals surface area contributed by atoms with Gasteiger partial charge >= 0.3 is 0 Å². The van der Waals surface area contributed by atoms with Gasteiger partial charge in [0, 0.05) is 37.9 Å². The first-order chi connectivity index (χ1) is 13.2. The van der Waals surface area contributed by atoms with Crippen LogP contribution in [0.15, 0.2) is 42.5 Å². The minimum absolute atomic E-state index is 0.711. The van der Waals surface area contributed by atoms with Gasteiger partial charge in [-0.15, -0.1) is 0 Å². The van der Waals surface area contributed by atoms with Crippen LogP contribution in [0.25, 0.3) is 0 Å². The molecule has 27 heavy (non-hydrogen) atoms. The number of benzene rings is 2. The van der Waals surface area contributed by atoms with Gasteiger partial charge in [-0.3, -0.25) is 0 Å². The average molecular weight is 365 g/mol. The molecule has 2 aliphatic rings. The van der Waals surface area contributed by atoms with Crippen LogP contribution in [0.1, 0.15) is 36.0 Å². The molecule has 2 aliphatic heterocycles. The number of ether oxygens (including phenoxy) is 1. The number of nitrogens with zero attached hydrogens (tertiary/aromatic N) is 2. The predicted molar refractivity (Wildman–Crippen MR) is 113 cm³/mol. The second kappa shape index (κ2) is 8.35. The highest BCUT2D eigenvalue weighted by Gasteiger charge is 2.27. The molecule has 1 fully saturated rings. The highest BCUT2D eigenvalue weighted by Crippen LogP contribution is 2.32. The number of aryl methyl sites for hydroxylation is 2. The first-order valence-electron chi connectivity index (χ1n) is 10.4. The quantitative estimate of drug-likeness (QED) is 0.779.